The molecule has 4 heteroatoms. The van der Waals surface area contributed by atoms with E-state index in [0.717, 1.165) is 12.1 Å². The predicted octanol–water partition coefficient (Wildman–Crippen LogP) is 2.55. The number of halogens is 2. The molecule has 1 aromatic carbocycles. The van der Waals surface area contributed by atoms with Crippen LogP contribution in [0.4, 0.5) is 14.6 Å². The number of pyridine rings is 1. The van der Waals surface area contributed by atoms with Crippen LogP contribution >= 0.6 is 0 Å². The van der Waals surface area contributed by atoms with E-state index in [2.05, 4.69) is 10.3 Å². The minimum absolute atomic E-state index is 0.190. The van der Waals surface area contributed by atoms with Crippen molar-refractivity contribution in [3.8, 4) is 0 Å². The molecule has 2 rings (SSSR count). The van der Waals surface area contributed by atoms with Gasteiger partial charge in [-0.2, -0.15) is 0 Å². The highest BCUT2D eigenvalue weighted by Crippen LogP contribution is 2.25. The van der Waals surface area contributed by atoms with Crippen molar-refractivity contribution in [2.75, 3.05) is 12.4 Å². The first-order valence-electron chi connectivity index (χ1n) is 4.14. The van der Waals surface area contributed by atoms with Crippen LogP contribution in [-0.4, -0.2) is 12.0 Å². The van der Waals surface area contributed by atoms with Crippen LogP contribution in [0.5, 0.6) is 0 Å². The molecule has 72 valence electrons. The van der Waals surface area contributed by atoms with Crippen molar-refractivity contribution >= 4 is 16.6 Å². The Morgan fingerprint density at radius 3 is 2.57 bits per heavy atom. The summed E-state index contributed by atoms with van der Waals surface area (Å²) in [5.41, 5.74) is 0. The summed E-state index contributed by atoms with van der Waals surface area (Å²) in [5.74, 6) is -0.571. The quantitative estimate of drug-likeness (QED) is 0.754. The monoisotopic (exact) mass is 194 g/mol. The molecule has 14 heavy (non-hydrogen) atoms. The lowest BCUT2D eigenvalue weighted by Crippen LogP contribution is -1.96. The highest BCUT2D eigenvalue weighted by molar-refractivity contribution is 5.92. The minimum atomic E-state index is -0.473. The Kier molecular flexibility index (Phi) is 2.04. The Morgan fingerprint density at radius 2 is 1.86 bits per heavy atom. The zero-order valence-electron chi connectivity index (χ0n) is 7.51. The Labute approximate surface area is 79.6 Å². The maximum absolute atomic E-state index is 13.4. The number of nitrogens with one attached hydrogen (secondary N) is 1. The third-order valence-corrected chi connectivity index (χ3v) is 2.06. The normalized spacial score (nSPS) is 10.5. The second-order valence-corrected chi connectivity index (χ2v) is 2.86. The first-order valence-corrected chi connectivity index (χ1v) is 4.14. The Bertz CT molecular complexity index is 483. The van der Waals surface area contributed by atoms with Gasteiger partial charge in [-0.25, -0.2) is 13.8 Å². The van der Waals surface area contributed by atoms with E-state index in [1.807, 2.05) is 0 Å². The van der Waals surface area contributed by atoms with Crippen molar-refractivity contribution < 1.29 is 8.78 Å². The van der Waals surface area contributed by atoms with Crippen molar-refractivity contribution in [1.29, 1.82) is 0 Å². The molecule has 0 saturated heterocycles. The van der Waals surface area contributed by atoms with Crippen molar-refractivity contribution in [2.24, 2.45) is 0 Å². The van der Waals surface area contributed by atoms with Crippen LogP contribution in [0.1, 0.15) is 0 Å². The van der Waals surface area contributed by atoms with Gasteiger partial charge in [-0.15, -0.1) is 0 Å². The predicted molar refractivity (Wildman–Crippen MR) is 51.2 cm³/mol. The third kappa shape index (κ3) is 1.19. The largest absolute Gasteiger partial charge is 0.373 e. The van der Waals surface area contributed by atoms with E-state index in [1.165, 1.54) is 12.3 Å². The smallest absolute Gasteiger partial charge is 0.136 e. The fraction of sp³-hybridized carbons (Fsp3) is 0.100. The highest BCUT2D eigenvalue weighted by atomic mass is 19.1. The van der Waals surface area contributed by atoms with Gasteiger partial charge in [0.25, 0.3) is 0 Å². The van der Waals surface area contributed by atoms with Gasteiger partial charge < -0.3 is 5.32 Å². The molecule has 0 saturated carbocycles. The van der Waals surface area contributed by atoms with Gasteiger partial charge in [-0.05, 0) is 18.2 Å². The van der Waals surface area contributed by atoms with Crippen LogP contribution < -0.4 is 5.32 Å². The summed E-state index contributed by atoms with van der Waals surface area (Å²) in [4.78, 5) is 3.91. The van der Waals surface area contributed by atoms with Crippen molar-refractivity contribution in [3.05, 3.63) is 36.0 Å². The first kappa shape index (κ1) is 8.87. The number of hydrogen-bond acceptors (Lipinski definition) is 2. The van der Waals surface area contributed by atoms with Crippen LogP contribution in [0.2, 0.25) is 0 Å². The fourth-order valence-corrected chi connectivity index (χ4v) is 1.41. The molecular formula is C10H8F2N2. The summed E-state index contributed by atoms with van der Waals surface area (Å²) < 4.78 is 26.6. The number of nitrogens with zero attached hydrogens (tertiary/aromatic N) is 1. The van der Waals surface area contributed by atoms with Gasteiger partial charge in [-0.1, -0.05) is 0 Å². The molecule has 2 aromatic rings. The SMILES string of the molecule is CNc1nccc2c(F)ccc(F)c12. The lowest BCUT2D eigenvalue weighted by molar-refractivity contribution is 0.617. The van der Waals surface area contributed by atoms with Gasteiger partial charge in [0.15, 0.2) is 0 Å². The van der Waals surface area contributed by atoms with Gasteiger partial charge >= 0.3 is 0 Å². The van der Waals surface area contributed by atoms with E-state index in [-0.39, 0.29) is 10.8 Å². The summed E-state index contributed by atoms with van der Waals surface area (Å²) >= 11 is 0. The summed E-state index contributed by atoms with van der Waals surface area (Å²) in [6.45, 7) is 0. The van der Waals surface area contributed by atoms with Gasteiger partial charge in [0.2, 0.25) is 0 Å². The fourth-order valence-electron chi connectivity index (χ4n) is 1.41. The van der Waals surface area contributed by atoms with E-state index in [4.69, 9.17) is 0 Å². The number of rotatable bonds is 1. The average molecular weight is 194 g/mol. The molecule has 1 N–H and O–H groups in total. The van der Waals surface area contributed by atoms with Crippen molar-refractivity contribution in [1.82, 2.24) is 4.98 Å². The molecule has 1 aromatic heterocycles. The van der Waals surface area contributed by atoms with Crippen LogP contribution in [0.15, 0.2) is 24.4 Å². The molecule has 1 heterocycles. The Morgan fingerprint density at radius 1 is 1.14 bits per heavy atom. The van der Waals surface area contributed by atoms with Gasteiger partial charge in [0.1, 0.15) is 17.5 Å². The van der Waals surface area contributed by atoms with E-state index < -0.39 is 11.6 Å². The second-order valence-electron chi connectivity index (χ2n) is 2.86. The molecule has 0 fully saturated rings. The van der Waals surface area contributed by atoms with Gasteiger partial charge in [0, 0.05) is 18.6 Å². The molecule has 0 amide bonds. The van der Waals surface area contributed by atoms with Crippen LogP contribution in [0.3, 0.4) is 0 Å². The maximum Gasteiger partial charge on any atom is 0.136 e. The van der Waals surface area contributed by atoms with E-state index in [1.54, 1.807) is 7.05 Å². The number of anilines is 1. The van der Waals surface area contributed by atoms with Gasteiger partial charge in [0.05, 0.1) is 5.39 Å². The third-order valence-electron chi connectivity index (χ3n) is 2.06. The van der Waals surface area contributed by atoms with E-state index in [9.17, 15) is 8.78 Å². The number of benzene rings is 1. The minimum Gasteiger partial charge on any atom is -0.373 e. The molecule has 0 unspecified atom stereocenters. The Balaban J connectivity index is 2.92. The molecule has 0 aliphatic carbocycles. The van der Waals surface area contributed by atoms with Crippen LogP contribution in [-0.2, 0) is 0 Å². The molecule has 0 spiro atoms. The summed E-state index contributed by atoms with van der Waals surface area (Å²) in [6.07, 6.45) is 1.44. The first-order chi connectivity index (χ1) is 6.74. The molecule has 0 aliphatic heterocycles. The van der Waals surface area contributed by atoms with Crippen molar-refractivity contribution in [2.45, 2.75) is 0 Å². The molecule has 2 nitrogen and oxygen atoms in total. The lowest BCUT2D eigenvalue weighted by Gasteiger charge is -2.05. The molecule has 0 aliphatic rings. The maximum atomic E-state index is 13.4. The molecule has 0 atom stereocenters. The topological polar surface area (TPSA) is 24.9 Å². The van der Waals surface area contributed by atoms with Crippen LogP contribution in [0.25, 0.3) is 10.8 Å². The molecular weight excluding hydrogens is 186 g/mol. The Hall–Kier alpha value is -1.71. The molecule has 0 bridgehead atoms. The average Bonchev–Trinajstić information content (AvgIpc) is 2.23. The van der Waals surface area contributed by atoms with Crippen LogP contribution in [0, 0.1) is 11.6 Å². The number of hydrogen-bond donors (Lipinski definition) is 1. The summed E-state index contributed by atoms with van der Waals surface area (Å²) in [7, 11) is 1.62. The molecule has 0 radical (unpaired) electrons. The zero-order valence-corrected chi connectivity index (χ0v) is 7.51. The van der Waals surface area contributed by atoms with E-state index >= 15 is 0 Å². The van der Waals surface area contributed by atoms with Gasteiger partial charge in [-0.3, -0.25) is 0 Å². The zero-order chi connectivity index (χ0) is 10.1. The highest BCUT2D eigenvalue weighted by Gasteiger charge is 2.09. The second kappa shape index (κ2) is 3.21. The number of fused-ring (bicyclic) bond motifs is 1. The number of aromatic nitrogens is 1. The standard InChI is InChI=1S/C10H8F2N2/c1-13-10-9-6(4-5-14-10)7(11)2-3-8(9)12/h2-5H,1H3,(H,13,14). The summed E-state index contributed by atoms with van der Waals surface area (Å²) in [6, 6.07) is 3.66. The lowest BCUT2D eigenvalue weighted by atomic mass is 10.1. The van der Waals surface area contributed by atoms with Crippen molar-refractivity contribution in [3.63, 3.8) is 0 Å². The summed E-state index contributed by atoms with van der Waals surface area (Å²) in [5, 5.41) is 3.15. The van der Waals surface area contributed by atoms with E-state index in [0.29, 0.717) is 5.82 Å².